The first-order valence-electron chi connectivity index (χ1n) is 21.5. The summed E-state index contributed by atoms with van der Waals surface area (Å²) in [5, 5.41) is 4.79. The topological polar surface area (TPSA) is 21.3 Å². The smallest absolute Gasteiger partial charge is 0.136 e. The van der Waals surface area contributed by atoms with Crippen molar-refractivity contribution >= 4 is 60.8 Å². The largest absolute Gasteiger partial charge is 0.456 e. The van der Waals surface area contributed by atoms with Crippen molar-refractivity contribution in [2.45, 2.75) is 0 Å². The van der Waals surface area contributed by atoms with E-state index < -0.39 is 0 Å². The van der Waals surface area contributed by atoms with Crippen molar-refractivity contribution in [2.75, 3.05) is 4.90 Å². The second-order valence-corrected chi connectivity index (χ2v) is 16.1. The van der Waals surface area contributed by atoms with Crippen LogP contribution in [0.5, 0.6) is 0 Å². The minimum atomic E-state index is 0.880. The molecule has 63 heavy (non-hydrogen) atoms. The van der Waals surface area contributed by atoms with Crippen molar-refractivity contribution in [3.8, 4) is 50.2 Å². The molecule has 3 nitrogen and oxygen atoms in total. The summed E-state index contributed by atoms with van der Waals surface area (Å²) in [5.41, 5.74) is 17.8. The molecule has 0 amide bonds. The minimum absolute atomic E-state index is 0.880. The van der Waals surface area contributed by atoms with Crippen LogP contribution in [-0.2, 0) is 0 Å². The van der Waals surface area contributed by atoms with Crippen LogP contribution in [0.2, 0.25) is 0 Å². The van der Waals surface area contributed by atoms with Crippen molar-refractivity contribution in [3.05, 3.63) is 243 Å². The van der Waals surface area contributed by atoms with Gasteiger partial charge in [0.2, 0.25) is 0 Å². The first-order chi connectivity index (χ1) is 31.2. The third kappa shape index (κ3) is 6.38. The van der Waals surface area contributed by atoms with E-state index in [1.54, 1.807) is 0 Å². The highest BCUT2D eigenvalue weighted by atomic mass is 16.3. The fraction of sp³-hybridized carbons (Fsp3) is 0. The maximum atomic E-state index is 6.39. The molecule has 3 heteroatoms. The molecule has 0 saturated heterocycles. The summed E-state index contributed by atoms with van der Waals surface area (Å²) in [6.45, 7) is 0. The summed E-state index contributed by atoms with van der Waals surface area (Å²) in [6.07, 6.45) is 0. The zero-order valence-electron chi connectivity index (χ0n) is 34.4. The van der Waals surface area contributed by atoms with E-state index >= 15 is 0 Å². The molecule has 296 valence electrons. The van der Waals surface area contributed by atoms with E-state index in [1.807, 2.05) is 12.1 Å². The second-order valence-electron chi connectivity index (χ2n) is 16.1. The van der Waals surface area contributed by atoms with Crippen LogP contribution in [0, 0.1) is 0 Å². The molecule has 0 N–H and O–H groups in total. The predicted octanol–water partition coefficient (Wildman–Crippen LogP) is 16.8. The Morgan fingerprint density at radius 3 is 1.46 bits per heavy atom. The first-order valence-corrected chi connectivity index (χ1v) is 21.5. The zero-order chi connectivity index (χ0) is 41.7. The number of nitrogens with zero attached hydrogens (tertiary/aromatic N) is 2. The Labute approximate surface area is 366 Å². The minimum Gasteiger partial charge on any atom is -0.456 e. The van der Waals surface area contributed by atoms with E-state index in [4.69, 9.17) is 4.42 Å². The standard InChI is InChI=1S/C60H40N2O/c1-2-15-43(16-3-1)49-19-4-9-24-55(49)61(56-25-10-5-20-50(56)46-33-38-54-53-23-8-13-28-59(53)63-60(54)40-46)47-34-29-41(30-35-47)44-17-14-18-45(39-44)42-31-36-48(37-32-42)62-57-26-11-6-21-51(57)52-22-7-12-27-58(52)62/h1-40H. The van der Waals surface area contributed by atoms with Crippen LogP contribution in [0.1, 0.15) is 0 Å². The highest BCUT2D eigenvalue weighted by molar-refractivity contribution is 6.09. The molecular weight excluding hydrogens is 765 g/mol. The van der Waals surface area contributed by atoms with E-state index in [0.717, 1.165) is 72.5 Å². The summed E-state index contributed by atoms with van der Waals surface area (Å²) in [4.78, 5) is 2.40. The number of aromatic nitrogens is 1. The second kappa shape index (κ2) is 15.3. The van der Waals surface area contributed by atoms with Crippen molar-refractivity contribution in [3.63, 3.8) is 0 Å². The van der Waals surface area contributed by atoms with E-state index in [2.05, 4.69) is 240 Å². The van der Waals surface area contributed by atoms with Crippen molar-refractivity contribution in [1.82, 2.24) is 4.57 Å². The fourth-order valence-electron chi connectivity index (χ4n) is 9.43. The number of hydrogen-bond donors (Lipinski definition) is 0. The Morgan fingerprint density at radius 2 is 0.794 bits per heavy atom. The molecule has 0 fully saturated rings. The van der Waals surface area contributed by atoms with Crippen LogP contribution in [0.3, 0.4) is 0 Å². The first kappa shape index (κ1) is 36.5. The van der Waals surface area contributed by atoms with Crippen LogP contribution in [-0.4, -0.2) is 4.57 Å². The normalized spacial score (nSPS) is 11.5. The van der Waals surface area contributed by atoms with Gasteiger partial charge in [0.15, 0.2) is 0 Å². The Kier molecular flexibility index (Phi) is 8.83. The van der Waals surface area contributed by atoms with E-state index in [0.29, 0.717) is 0 Å². The van der Waals surface area contributed by atoms with Gasteiger partial charge in [-0.3, -0.25) is 0 Å². The van der Waals surface area contributed by atoms with Gasteiger partial charge in [-0.2, -0.15) is 0 Å². The highest BCUT2D eigenvalue weighted by Crippen LogP contribution is 2.46. The van der Waals surface area contributed by atoms with Gasteiger partial charge in [-0.1, -0.05) is 170 Å². The molecule has 12 rings (SSSR count). The predicted molar refractivity (Wildman–Crippen MR) is 264 cm³/mol. The Balaban J connectivity index is 0.924. The molecule has 0 aliphatic carbocycles. The van der Waals surface area contributed by atoms with E-state index in [-0.39, 0.29) is 0 Å². The molecule has 0 saturated carbocycles. The van der Waals surface area contributed by atoms with Gasteiger partial charge in [-0.05, 0) is 106 Å². The molecule has 0 unspecified atom stereocenters. The Morgan fingerprint density at radius 1 is 0.302 bits per heavy atom. The molecule has 0 spiro atoms. The average molecular weight is 805 g/mol. The molecule has 10 aromatic carbocycles. The maximum Gasteiger partial charge on any atom is 0.136 e. The fourth-order valence-corrected chi connectivity index (χ4v) is 9.43. The summed E-state index contributed by atoms with van der Waals surface area (Å²) >= 11 is 0. The van der Waals surface area contributed by atoms with Crippen molar-refractivity contribution in [1.29, 1.82) is 0 Å². The monoisotopic (exact) mass is 804 g/mol. The Bertz CT molecular complexity index is 3560. The van der Waals surface area contributed by atoms with Gasteiger partial charge in [0.05, 0.1) is 22.4 Å². The van der Waals surface area contributed by atoms with Crippen LogP contribution in [0.25, 0.3) is 93.9 Å². The average Bonchev–Trinajstić information content (AvgIpc) is 3.90. The van der Waals surface area contributed by atoms with Gasteiger partial charge < -0.3 is 13.9 Å². The quantitative estimate of drug-likeness (QED) is 0.153. The van der Waals surface area contributed by atoms with Gasteiger partial charge in [0, 0.05) is 44.0 Å². The third-order valence-electron chi connectivity index (χ3n) is 12.4. The van der Waals surface area contributed by atoms with Crippen molar-refractivity contribution in [2.24, 2.45) is 0 Å². The number of fused-ring (bicyclic) bond motifs is 6. The molecule has 0 atom stereocenters. The highest BCUT2D eigenvalue weighted by Gasteiger charge is 2.21. The SMILES string of the molecule is c1ccc(-c2ccccc2N(c2ccc(-c3cccc(-c4ccc(-n5c6ccccc6c6ccccc65)cc4)c3)cc2)c2ccccc2-c2ccc3c(c2)oc2ccccc23)cc1. The summed E-state index contributed by atoms with van der Waals surface area (Å²) in [7, 11) is 0. The van der Waals surface area contributed by atoms with Gasteiger partial charge >= 0.3 is 0 Å². The van der Waals surface area contributed by atoms with Crippen LogP contribution < -0.4 is 4.90 Å². The van der Waals surface area contributed by atoms with Crippen LogP contribution in [0.15, 0.2) is 247 Å². The van der Waals surface area contributed by atoms with Crippen LogP contribution >= 0.6 is 0 Å². The molecular formula is C60H40N2O. The lowest BCUT2D eigenvalue weighted by Gasteiger charge is -2.30. The lowest BCUT2D eigenvalue weighted by Crippen LogP contribution is -2.12. The molecule has 0 bridgehead atoms. The third-order valence-corrected chi connectivity index (χ3v) is 12.4. The number of para-hydroxylation sites is 5. The van der Waals surface area contributed by atoms with Gasteiger partial charge in [0.25, 0.3) is 0 Å². The number of rotatable bonds is 8. The van der Waals surface area contributed by atoms with E-state index in [9.17, 15) is 0 Å². The number of furan rings is 1. The zero-order valence-corrected chi connectivity index (χ0v) is 34.4. The summed E-state index contributed by atoms with van der Waals surface area (Å²) in [6, 6.07) is 87.1. The molecule has 0 aliphatic rings. The number of hydrogen-bond acceptors (Lipinski definition) is 2. The number of benzene rings is 10. The molecule has 2 aromatic heterocycles. The molecule has 0 radical (unpaired) electrons. The molecule has 12 aromatic rings. The van der Waals surface area contributed by atoms with Gasteiger partial charge in [-0.15, -0.1) is 0 Å². The Hall–Kier alpha value is -8.40. The lowest BCUT2D eigenvalue weighted by atomic mass is 9.97. The maximum absolute atomic E-state index is 6.39. The summed E-state index contributed by atoms with van der Waals surface area (Å²) in [5.74, 6) is 0. The number of anilines is 3. The van der Waals surface area contributed by atoms with Crippen LogP contribution in [0.4, 0.5) is 17.1 Å². The van der Waals surface area contributed by atoms with E-state index in [1.165, 1.54) is 38.5 Å². The van der Waals surface area contributed by atoms with Gasteiger partial charge in [0.1, 0.15) is 11.2 Å². The van der Waals surface area contributed by atoms with Crippen molar-refractivity contribution < 1.29 is 4.42 Å². The van der Waals surface area contributed by atoms with Gasteiger partial charge in [-0.25, -0.2) is 0 Å². The lowest BCUT2D eigenvalue weighted by molar-refractivity contribution is 0.669. The molecule has 0 aliphatic heterocycles. The summed E-state index contributed by atoms with van der Waals surface area (Å²) < 4.78 is 8.75. The molecule has 2 heterocycles.